The van der Waals surface area contributed by atoms with Crippen molar-refractivity contribution in [2.45, 2.75) is 6.61 Å². The number of carbonyl (C=O) groups is 2. The molecule has 21 heavy (non-hydrogen) atoms. The minimum Gasteiger partial charge on any atom is -0.477 e. The number of hydrogen-bond donors (Lipinski definition) is 2. The number of nitrogens with one attached hydrogen (secondary N) is 1. The molecule has 0 aliphatic carbocycles. The van der Waals surface area contributed by atoms with E-state index in [0.717, 1.165) is 5.56 Å². The number of ether oxygens (including phenoxy) is 1. The third kappa shape index (κ3) is 4.28. The number of benzene rings is 1. The first kappa shape index (κ1) is 15.0. The number of aromatic carboxylic acids is 1. The maximum absolute atomic E-state index is 11.7. The van der Waals surface area contributed by atoms with Crippen LogP contribution in [-0.2, 0) is 11.3 Å². The monoisotopic (exact) mass is 350 g/mol. The van der Waals surface area contributed by atoms with Gasteiger partial charge >= 0.3 is 12.1 Å². The van der Waals surface area contributed by atoms with E-state index in [9.17, 15) is 9.59 Å². The number of aromatic nitrogens is 1. The Labute approximate surface area is 128 Å². The molecule has 1 aromatic carbocycles. The number of carbonyl (C=O) groups excluding carboxylic acids is 1. The fraction of sp³-hybridized carbons (Fsp3) is 0.0714. The van der Waals surface area contributed by atoms with Crippen molar-refractivity contribution in [3.63, 3.8) is 0 Å². The van der Waals surface area contributed by atoms with E-state index in [1.165, 1.54) is 12.1 Å². The van der Waals surface area contributed by atoms with Crippen LogP contribution in [0.3, 0.4) is 0 Å². The summed E-state index contributed by atoms with van der Waals surface area (Å²) in [6.07, 6.45) is -0.649. The van der Waals surface area contributed by atoms with Gasteiger partial charge in [0.25, 0.3) is 0 Å². The van der Waals surface area contributed by atoms with Crippen LogP contribution < -0.4 is 5.32 Å². The van der Waals surface area contributed by atoms with E-state index in [4.69, 9.17) is 9.84 Å². The molecule has 6 nitrogen and oxygen atoms in total. The van der Waals surface area contributed by atoms with Crippen molar-refractivity contribution in [1.82, 2.24) is 4.98 Å². The Balaban J connectivity index is 1.95. The Hall–Kier alpha value is -2.41. The van der Waals surface area contributed by atoms with Gasteiger partial charge in [-0.3, -0.25) is 5.32 Å². The number of anilines is 1. The highest BCUT2D eigenvalue weighted by atomic mass is 79.9. The number of hydrogen-bond acceptors (Lipinski definition) is 4. The molecule has 0 aliphatic heterocycles. The minimum atomic E-state index is -1.14. The van der Waals surface area contributed by atoms with Gasteiger partial charge in [-0.15, -0.1) is 0 Å². The summed E-state index contributed by atoms with van der Waals surface area (Å²) in [6, 6.07) is 12.0. The topological polar surface area (TPSA) is 88.5 Å². The van der Waals surface area contributed by atoms with Crippen LogP contribution in [0, 0.1) is 0 Å². The molecule has 108 valence electrons. The largest absolute Gasteiger partial charge is 0.477 e. The summed E-state index contributed by atoms with van der Waals surface area (Å²) in [6.45, 7) is 0.144. The van der Waals surface area contributed by atoms with Crippen LogP contribution >= 0.6 is 15.9 Å². The number of nitrogens with zero attached hydrogens (tertiary/aromatic N) is 1. The Bertz CT molecular complexity index is 661. The zero-order valence-corrected chi connectivity index (χ0v) is 12.3. The lowest BCUT2D eigenvalue weighted by Crippen LogP contribution is -2.14. The van der Waals surface area contributed by atoms with E-state index < -0.39 is 12.1 Å². The summed E-state index contributed by atoms with van der Waals surface area (Å²) in [5.74, 6) is -1.14. The second kappa shape index (κ2) is 6.85. The summed E-state index contributed by atoms with van der Waals surface area (Å²) < 4.78 is 5.27. The standard InChI is InChI=1S/C14H11BrN2O4/c15-12-10(6-7-11(16-12)13(18)19)17-14(20)21-8-9-4-2-1-3-5-9/h1-7H,8H2,(H,17,20)(H,18,19). The van der Waals surface area contributed by atoms with Gasteiger partial charge in [-0.25, -0.2) is 14.6 Å². The molecule has 0 unspecified atom stereocenters. The number of rotatable bonds is 4. The average Bonchev–Trinajstić information content (AvgIpc) is 2.48. The Kier molecular flexibility index (Phi) is 4.89. The van der Waals surface area contributed by atoms with Crippen molar-refractivity contribution < 1.29 is 19.4 Å². The molecule has 2 aromatic rings. The molecule has 0 bridgehead atoms. The molecular weight excluding hydrogens is 340 g/mol. The predicted octanol–water partition coefficient (Wildman–Crippen LogP) is 3.29. The number of pyridine rings is 1. The maximum Gasteiger partial charge on any atom is 0.412 e. The highest BCUT2D eigenvalue weighted by Gasteiger charge is 2.11. The van der Waals surface area contributed by atoms with Gasteiger partial charge in [0.2, 0.25) is 0 Å². The molecule has 0 radical (unpaired) electrons. The summed E-state index contributed by atoms with van der Waals surface area (Å²) in [5.41, 5.74) is 1.08. The van der Waals surface area contributed by atoms with E-state index >= 15 is 0 Å². The number of carboxylic acid groups (broad SMARTS) is 1. The molecule has 0 spiro atoms. The molecule has 7 heteroatoms. The van der Waals surface area contributed by atoms with Crippen LogP contribution in [0.4, 0.5) is 10.5 Å². The van der Waals surface area contributed by atoms with Gasteiger partial charge in [0, 0.05) is 0 Å². The van der Waals surface area contributed by atoms with Crippen LogP contribution in [0.1, 0.15) is 16.1 Å². The van der Waals surface area contributed by atoms with Crippen LogP contribution in [-0.4, -0.2) is 22.2 Å². The van der Waals surface area contributed by atoms with Crippen LogP contribution in [0.2, 0.25) is 0 Å². The highest BCUT2D eigenvalue weighted by Crippen LogP contribution is 2.20. The number of halogens is 1. The van der Waals surface area contributed by atoms with Crippen molar-refractivity contribution in [2.24, 2.45) is 0 Å². The SMILES string of the molecule is O=C(Nc1ccc(C(=O)O)nc1Br)OCc1ccccc1. The van der Waals surface area contributed by atoms with Crippen LogP contribution in [0.15, 0.2) is 47.1 Å². The van der Waals surface area contributed by atoms with Gasteiger partial charge in [-0.05, 0) is 33.6 Å². The van der Waals surface area contributed by atoms with Crippen molar-refractivity contribution >= 4 is 33.7 Å². The lowest BCUT2D eigenvalue weighted by atomic mass is 10.2. The van der Waals surface area contributed by atoms with Crippen molar-refractivity contribution in [3.8, 4) is 0 Å². The molecule has 0 atom stereocenters. The average molecular weight is 351 g/mol. The van der Waals surface area contributed by atoms with E-state index in [2.05, 4.69) is 26.2 Å². The summed E-state index contributed by atoms with van der Waals surface area (Å²) in [7, 11) is 0. The van der Waals surface area contributed by atoms with Gasteiger partial charge < -0.3 is 9.84 Å². The number of amides is 1. The minimum absolute atomic E-state index is 0.120. The van der Waals surface area contributed by atoms with Crippen LogP contribution in [0.25, 0.3) is 0 Å². The van der Waals surface area contributed by atoms with E-state index in [-0.39, 0.29) is 16.9 Å². The van der Waals surface area contributed by atoms with Crippen molar-refractivity contribution in [3.05, 3.63) is 58.3 Å². The number of carboxylic acids is 1. The summed E-state index contributed by atoms with van der Waals surface area (Å²) in [4.78, 5) is 26.2. The smallest absolute Gasteiger partial charge is 0.412 e. The second-order valence-electron chi connectivity index (χ2n) is 4.03. The van der Waals surface area contributed by atoms with E-state index in [1.807, 2.05) is 30.3 Å². The van der Waals surface area contributed by atoms with E-state index in [1.54, 1.807) is 0 Å². The quantitative estimate of drug-likeness (QED) is 0.826. The van der Waals surface area contributed by atoms with E-state index in [0.29, 0.717) is 5.69 Å². The first-order valence-electron chi connectivity index (χ1n) is 5.94. The Morgan fingerprint density at radius 3 is 2.52 bits per heavy atom. The first-order chi connectivity index (χ1) is 10.1. The van der Waals surface area contributed by atoms with Crippen LogP contribution in [0.5, 0.6) is 0 Å². The molecule has 0 saturated carbocycles. The second-order valence-corrected chi connectivity index (χ2v) is 4.78. The lowest BCUT2D eigenvalue weighted by molar-refractivity contribution is 0.0690. The zero-order valence-electron chi connectivity index (χ0n) is 10.7. The molecule has 1 aromatic heterocycles. The van der Waals surface area contributed by atoms with Gasteiger partial charge in [-0.1, -0.05) is 30.3 Å². The fourth-order valence-electron chi connectivity index (χ4n) is 1.52. The van der Waals surface area contributed by atoms with Gasteiger partial charge in [-0.2, -0.15) is 0 Å². The van der Waals surface area contributed by atoms with Gasteiger partial charge in [0.15, 0.2) is 0 Å². The molecular formula is C14H11BrN2O4. The first-order valence-corrected chi connectivity index (χ1v) is 6.73. The fourth-order valence-corrected chi connectivity index (χ4v) is 1.94. The Morgan fingerprint density at radius 2 is 1.90 bits per heavy atom. The molecule has 0 fully saturated rings. The molecule has 1 amide bonds. The zero-order chi connectivity index (χ0) is 15.2. The third-order valence-electron chi connectivity index (χ3n) is 2.52. The summed E-state index contributed by atoms with van der Waals surface area (Å²) in [5, 5.41) is 11.3. The van der Waals surface area contributed by atoms with Gasteiger partial charge in [0.05, 0.1) is 5.69 Å². The molecule has 0 aliphatic rings. The van der Waals surface area contributed by atoms with Crippen molar-refractivity contribution in [1.29, 1.82) is 0 Å². The molecule has 1 heterocycles. The van der Waals surface area contributed by atoms with Crippen molar-refractivity contribution in [2.75, 3.05) is 5.32 Å². The maximum atomic E-state index is 11.7. The third-order valence-corrected chi connectivity index (χ3v) is 3.12. The lowest BCUT2D eigenvalue weighted by Gasteiger charge is -2.08. The molecule has 2 N–H and O–H groups in total. The van der Waals surface area contributed by atoms with Gasteiger partial charge in [0.1, 0.15) is 16.9 Å². The molecule has 0 saturated heterocycles. The highest BCUT2D eigenvalue weighted by molar-refractivity contribution is 9.10. The predicted molar refractivity (Wildman–Crippen MR) is 79.1 cm³/mol. The summed E-state index contributed by atoms with van der Waals surface area (Å²) >= 11 is 3.10. The molecule has 2 rings (SSSR count). The Morgan fingerprint density at radius 1 is 1.19 bits per heavy atom. The normalized spacial score (nSPS) is 9.95.